The number of aromatic nitrogens is 2. The lowest BCUT2D eigenvalue weighted by molar-refractivity contribution is 0.481. The second-order valence-electron chi connectivity index (χ2n) is 19.8. The molecule has 0 fully saturated rings. The average molecular weight is 829 g/mol. The molecule has 0 saturated heterocycles. The SMILES string of the molecule is CC(C)c1cccc(C(C)C)c1-c1ccc(N2C=C(C(C)(C)C)N(c3cccc(Oc4ccc5c6ccccc6n(-c6cc(C(C)(C)C)ccn6)c5c4)c3)C2)c(-c2ccccc2)c1. The quantitative estimate of drug-likeness (QED) is 0.145. The van der Waals surface area contributed by atoms with Gasteiger partial charge in [-0.3, -0.25) is 4.57 Å². The summed E-state index contributed by atoms with van der Waals surface area (Å²) in [7, 11) is 0. The third-order valence-electron chi connectivity index (χ3n) is 12.5. The number of fused-ring (bicyclic) bond motifs is 3. The number of benzene rings is 6. The van der Waals surface area contributed by atoms with Crippen molar-refractivity contribution in [2.24, 2.45) is 5.41 Å². The van der Waals surface area contributed by atoms with Crippen molar-refractivity contribution in [1.82, 2.24) is 9.55 Å². The molecule has 0 unspecified atom stereocenters. The minimum atomic E-state index is -0.127. The molecule has 0 N–H and O–H groups in total. The largest absolute Gasteiger partial charge is 0.457 e. The third-order valence-corrected chi connectivity index (χ3v) is 12.5. The van der Waals surface area contributed by atoms with Gasteiger partial charge in [-0.1, -0.05) is 148 Å². The van der Waals surface area contributed by atoms with Crippen molar-refractivity contribution in [1.29, 1.82) is 0 Å². The summed E-state index contributed by atoms with van der Waals surface area (Å²) in [4.78, 5) is 9.75. The van der Waals surface area contributed by atoms with Crippen LogP contribution in [0.15, 0.2) is 164 Å². The fourth-order valence-electron chi connectivity index (χ4n) is 9.25. The maximum absolute atomic E-state index is 6.78. The van der Waals surface area contributed by atoms with Gasteiger partial charge in [-0.25, -0.2) is 4.98 Å². The summed E-state index contributed by atoms with van der Waals surface area (Å²) in [5.41, 5.74) is 14.6. The van der Waals surface area contributed by atoms with E-state index in [0.717, 1.165) is 34.0 Å². The predicted octanol–water partition coefficient (Wildman–Crippen LogP) is 16.0. The second-order valence-corrected chi connectivity index (χ2v) is 19.8. The summed E-state index contributed by atoms with van der Waals surface area (Å²) in [6, 6.07) is 52.6. The number of rotatable bonds is 9. The van der Waals surface area contributed by atoms with Gasteiger partial charge in [0.25, 0.3) is 0 Å². The van der Waals surface area contributed by atoms with E-state index in [1.807, 2.05) is 6.20 Å². The first-order valence-corrected chi connectivity index (χ1v) is 22.5. The van der Waals surface area contributed by atoms with E-state index in [2.05, 4.69) is 235 Å². The van der Waals surface area contributed by atoms with Gasteiger partial charge in [-0.05, 0) is 105 Å². The highest BCUT2D eigenvalue weighted by Crippen LogP contribution is 2.45. The number of pyridine rings is 1. The molecule has 2 aromatic heterocycles. The van der Waals surface area contributed by atoms with E-state index in [-0.39, 0.29) is 10.8 Å². The maximum Gasteiger partial charge on any atom is 0.137 e. The van der Waals surface area contributed by atoms with E-state index in [1.165, 1.54) is 61.1 Å². The van der Waals surface area contributed by atoms with Crippen LogP contribution in [0.25, 0.3) is 49.9 Å². The Morgan fingerprint density at radius 3 is 1.97 bits per heavy atom. The van der Waals surface area contributed by atoms with Crippen LogP contribution in [0.3, 0.4) is 0 Å². The van der Waals surface area contributed by atoms with Gasteiger partial charge in [0.15, 0.2) is 0 Å². The van der Waals surface area contributed by atoms with Crippen molar-refractivity contribution in [3.05, 3.63) is 180 Å². The smallest absolute Gasteiger partial charge is 0.137 e. The molecule has 0 aliphatic carbocycles. The van der Waals surface area contributed by atoms with Gasteiger partial charge in [-0.2, -0.15) is 0 Å². The summed E-state index contributed by atoms with van der Waals surface area (Å²) in [6.07, 6.45) is 4.28. The van der Waals surface area contributed by atoms with Crippen molar-refractivity contribution >= 4 is 33.2 Å². The van der Waals surface area contributed by atoms with E-state index in [0.29, 0.717) is 18.5 Å². The van der Waals surface area contributed by atoms with Crippen LogP contribution in [0.4, 0.5) is 11.4 Å². The van der Waals surface area contributed by atoms with Crippen molar-refractivity contribution in [3.63, 3.8) is 0 Å². The first kappa shape index (κ1) is 41.7. The van der Waals surface area contributed by atoms with Crippen LogP contribution < -0.4 is 14.5 Å². The van der Waals surface area contributed by atoms with Crippen molar-refractivity contribution in [2.45, 2.75) is 86.5 Å². The highest BCUT2D eigenvalue weighted by Gasteiger charge is 2.33. The molecule has 1 aliphatic heterocycles. The van der Waals surface area contributed by atoms with E-state index in [1.54, 1.807) is 0 Å². The Balaban J connectivity index is 1.08. The molecule has 0 spiro atoms. The number of ether oxygens (including phenoxy) is 1. The molecular weight excluding hydrogens is 769 g/mol. The molecule has 6 aromatic carbocycles. The van der Waals surface area contributed by atoms with Crippen molar-refractivity contribution in [3.8, 4) is 39.6 Å². The normalized spacial score (nSPS) is 13.5. The summed E-state index contributed by atoms with van der Waals surface area (Å²) in [6.45, 7) is 23.5. The molecule has 5 heteroatoms. The number of hydrogen-bond acceptors (Lipinski definition) is 4. The summed E-state index contributed by atoms with van der Waals surface area (Å²) in [5.74, 6) is 3.28. The Kier molecular flexibility index (Phi) is 10.8. The van der Waals surface area contributed by atoms with Gasteiger partial charge < -0.3 is 14.5 Å². The zero-order valence-electron chi connectivity index (χ0n) is 38.6. The zero-order valence-corrected chi connectivity index (χ0v) is 38.6. The lowest BCUT2D eigenvalue weighted by Crippen LogP contribution is -2.30. The van der Waals surface area contributed by atoms with Crippen molar-refractivity contribution in [2.75, 3.05) is 16.5 Å². The highest BCUT2D eigenvalue weighted by molar-refractivity contribution is 6.09. The fourth-order valence-corrected chi connectivity index (χ4v) is 9.25. The first-order valence-electron chi connectivity index (χ1n) is 22.5. The van der Waals surface area contributed by atoms with Gasteiger partial charge in [0.1, 0.15) is 17.3 Å². The Morgan fingerprint density at radius 2 is 1.25 bits per heavy atom. The molecule has 3 heterocycles. The van der Waals surface area contributed by atoms with Crippen LogP contribution in [-0.4, -0.2) is 16.2 Å². The van der Waals surface area contributed by atoms with Crippen LogP contribution in [-0.2, 0) is 5.41 Å². The molecule has 0 radical (unpaired) electrons. The van der Waals surface area contributed by atoms with Gasteiger partial charge >= 0.3 is 0 Å². The Morgan fingerprint density at radius 1 is 0.571 bits per heavy atom. The maximum atomic E-state index is 6.78. The monoisotopic (exact) mass is 828 g/mol. The molecule has 63 heavy (non-hydrogen) atoms. The fraction of sp³-hybridized carbons (Fsp3) is 0.259. The number of allylic oxidation sites excluding steroid dienone is 1. The summed E-state index contributed by atoms with van der Waals surface area (Å²) >= 11 is 0. The van der Waals surface area contributed by atoms with Crippen LogP contribution in [0.1, 0.15) is 97.8 Å². The topological polar surface area (TPSA) is 33.5 Å². The highest BCUT2D eigenvalue weighted by atomic mass is 16.5. The minimum absolute atomic E-state index is 0.00318. The Labute approximate surface area is 374 Å². The molecule has 1 aliphatic rings. The summed E-state index contributed by atoms with van der Waals surface area (Å²) in [5, 5.41) is 2.36. The van der Waals surface area contributed by atoms with Crippen molar-refractivity contribution < 1.29 is 4.74 Å². The lowest BCUT2D eigenvalue weighted by atomic mass is 9.84. The first-order chi connectivity index (χ1) is 30.2. The molecule has 8 aromatic rings. The van der Waals surface area contributed by atoms with Gasteiger partial charge in [0.2, 0.25) is 0 Å². The molecule has 0 bridgehead atoms. The van der Waals surface area contributed by atoms with Crippen LogP contribution >= 0.6 is 0 Å². The number of nitrogens with zero attached hydrogens (tertiary/aromatic N) is 4. The molecule has 0 atom stereocenters. The zero-order chi connectivity index (χ0) is 44.2. The van der Waals surface area contributed by atoms with Crippen LogP contribution in [0, 0.1) is 5.41 Å². The van der Waals surface area contributed by atoms with Gasteiger partial charge in [0, 0.05) is 57.7 Å². The Bertz CT molecular complexity index is 2970. The molecule has 0 amide bonds. The van der Waals surface area contributed by atoms with Gasteiger partial charge in [0.05, 0.1) is 23.4 Å². The molecule has 5 nitrogen and oxygen atoms in total. The molecule has 318 valence electrons. The number of para-hydroxylation sites is 1. The minimum Gasteiger partial charge on any atom is -0.457 e. The van der Waals surface area contributed by atoms with Gasteiger partial charge in [-0.15, -0.1) is 0 Å². The predicted molar refractivity (Wildman–Crippen MR) is 267 cm³/mol. The molecule has 0 saturated carbocycles. The lowest BCUT2D eigenvalue weighted by Gasteiger charge is -2.31. The van der Waals surface area contributed by atoms with E-state index in [4.69, 9.17) is 9.72 Å². The van der Waals surface area contributed by atoms with E-state index < -0.39 is 0 Å². The second kappa shape index (κ2) is 16.3. The average Bonchev–Trinajstić information content (AvgIpc) is 3.87. The van der Waals surface area contributed by atoms with Crippen LogP contribution in [0.2, 0.25) is 0 Å². The number of anilines is 2. The van der Waals surface area contributed by atoms with Crippen LogP contribution in [0.5, 0.6) is 11.5 Å². The molecular formula is C58H60N4O. The third kappa shape index (κ3) is 8.02. The molecule has 9 rings (SSSR count). The van der Waals surface area contributed by atoms with E-state index in [9.17, 15) is 0 Å². The summed E-state index contributed by atoms with van der Waals surface area (Å²) < 4.78 is 9.04. The standard InChI is InChI=1S/C58H60N4O/c1-38(2)46-23-17-24-47(39(3)4)56(46)41-26-29-51(50(32-41)40-18-12-11-13-19-40)60-36-54(58(8,9)10)61(37-60)43-20-16-21-44(34-43)63-45-27-28-49-48-22-14-15-25-52(48)62(53(49)35-45)55-33-42(30-31-59-55)57(5,6)7/h11-36,38-39H,37H2,1-10H3. The number of hydrogen-bond donors (Lipinski definition) is 0. The van der Waals surface area contributed by atoms with E-state index >= 15 is 0 Å². The Hall–Kier alpha value is -6.59.